The lowest BCUT2D eigenvalue weighted by Crippen LogP contribution is -2.35. The van der Waals surface area contributed by atoms with Crippen LogP contribution in [0, 0.1) is 11.3 Å². The van der Waals surface area contributed by atoms with E-state index in [1.165, 1.54) is 10.5 Å². The van der Waals surface area contributed by atoms with Gasteiger partial charge in [-0.3, -0.25) is 0 Å². The predicted octanol–water partition coefficient (Wildman–Crippen LogP) is 2.70. The Morgan fingerprint density at radius 2 is 2.17 bits per heavy atom. The summed E-state index contributed by atoms with van der Waals surface area (Å²) in [5.74, 6) is 3.92. The van der Waals surface area contributed by atoms with Crippen molar-refractivity contribution in [3.8, 4) is 6.07 Å². The first-order chi connectivity index (χ1) is 11.7. The van der Waals surface area contributed by atoms with Gasteiger partial charge < -0.3 is 15.4 Å². The van der Waals surface area contributed by atoms with Gasteiger partial charge in [0.05, 0.1) is 17.9 Å². The summed E-state index contributed by atoms with van der Waals surface area (Å²) >= 11 is 3.76. The average molecular weight is 365 g/mol. The molecule has 1 saturated heterocycles. The molecule has 5 nitrogen and oxygen atoms in total. The third kappa shape index (κ3) is 3.83. The summed E-state index contributed by atoms with van der Waals surface area (Å²) in [6.07, 6.45) is 2.14. The van der Waals surface area contributed by atoms with E-state index in [-0.39, 0.29) is 0 Å². The summed E-state index contributed by atoms with van der Waals surface area (Å²) < 4.78 is 5.18. The molecular formula is C17H24N4OS2. The zero-order valence-corrected chi connectivity index (χ0v) is 15.7. The fourth-order valence-corrected chi connectivity index (χ4v) is 5.82. The number of fused-ring (bicyclic) bond motifs is 1. The molecule has 0 saturated carbocycles. The molecule has 0 unspecified atom stereocenters. The summed E-state index contributed by atoms with van der Waals surface area (Å²) in [5, 5.41) is 9.66. The van der Waals surface area contributed by atoms with Crippen LogP contribution in [0.4, 0.5) is 5.82 Å². The Kier molecular flexibility index (Phi) is 6.28. The minimum Gasteiger partial charge on any atom is -0.383 e. The van der Waals surface area contributed by atoms with Crippen LogP contribution in [0.2, 0.25) is 0 Å². The minimum atomic E-state index is 0.410. The number of nitrogens with zero attached hydrogens (tertiary/aromatic N) is 3. The van der Waals surface area contributed by atoms with Crippen LogP contribution in [0.3, 0.4) is 0 Å². The lowest BCUT2D eigenvalue weighted by molar-refractivity contribution is 0.130. The van der Waals surface area contributed by atoms with Gasteiger partial charge in [0.2, 0.25) is 0 Å². The maximum atomic E-state index is 9.66. The zero-order chi connectivity index (χ0) is 16.9. The highest BCUT2D eigenvalue weighted by Gasteiger charge is 2.29. The molecule has 2 aliphatic rings. The zero-order valence-electron chi connectivity index (χ0n) is 14.1. The van der Waals surface area contributed by atoms with Gasteiger partial charge in [-0.05, 0) is 37.4 Å². The van der Waals surface area contributed by atoms with E-state index < -0.39 is 0 Å². The number of ether oxygens (including phenoxy) is 1. The summed E-state index contributed by atoms with van der Waals surface area (Å²) in [6.45, 7) is 3.86. The van der Waals surface area contributed by atoms with Crippen LogP contribution in [-0.2, 0) is 10.5 Å². The van der Waals surface area contributed by atoms with Gasteiger partial charge in [0.15, 0.2) is 0 Å². The first-order valence-corrected chi connectivity index (χ1v) is 10.5. The van der Waals surface area contributed by atoms with Gasteiger partial charge >= 0.3 is 0 Å². The first-order valence-electron chi connectivity index (χ1n) is 8.38. The van der Waals surface area contributed by atoms with E-state index in [4.69, 9.17) is 10.5 Å². The molecule has 1 aromatic rings. The fourth-order valence-electron chi connectivity index (χ4n) is 3.46. The maximum Gasteiger partial charge on any atom is 0.142 e. The Morgan fingerprint density at radius 1 is 1.38 bits per heavy atom. The largest absolute Gasteiger partial charge is 0.383 e. The monoisotopic (exact) mass is 364 g/mol. The molecule has 7 heteroatoms. The second kappa shape index (κ2) is 8.43. The van der Waals surface area contributed by atoms with Gasteiger partial charge in [-0.1, -0.05) is 0 Å². The van der Waals surface area contributed by atoms with E-state index in [0.29, 0.717) is 17.3 Å². The van der Waals surface area contributed by atoms with Crippen molar-refractivity contribution in [3.63, 3.8) is 0 Å². The number of nitrogen functional groups attached to an aromatic ring is 1. The molecule has 3 heterocycles. The quantitative estimate of drug-likeness (QED) is 0.880. The van der Waals surface area contributed by atoms with Gasteiger partial charge in [0.25, 0.3) is 0 Å². The number of nitriles is 1. The second-order valence-corrected chi connectivity index (χ2v) is 8.39. The van der Waals surface area contributed by atoms with Crippen molar-refractivity contribution in [3.05, 3.63) is 16.8 Å². The number of likely N-dealkylation sites (tertiary alicyclic amines) is 1. The number of anilines is 1. The van der Waals surface area contributed by atoms with E-state index >= 15 is 0 Å². The van der Waals surface area contributed by atoms with Gasteiger partial charge in [-0.2, -0.15) is 17.0 Å². The van der Waals surface area contributed by atoms with Crippen molar-refractivity contribution in [1.29, 1.82) is 5.26 Å². The van der Waals surface area contributed by atoms with Gasteiger partial charge in [0.1, 0.15) is 11.9 Å². The van der Waals surface area contributed by atoms with Crippen molar-refractivity contribution in [2.45, 2.75) is 29.4 Å². The molecule has 0 atom stereocenters. The highest BCUT2D eigenvalue weighted by Crippen LogP contribution is 2.42. The second-order valence-electron chi connectivity index (χ2n) is 6.18. The number of hydrogen-bond acceptors (Lipinski definition) is 7. The summed E-state index contributed by atoms with van der Waals surface area (Å²) in [5.41, 5.74) is 9.00. The highest BCUT2D eigenvalue weighted by molar-refractivity contribution is 8.03. The molecule has 3 rings (SSSR count). The third-order valence-electron chi connectivity index (χ3n) is 4.72. The predicted molar refractivity (Wildman–Crippen MR) is 101 cm³/mol. The van der Waals surface area contributed by atoms with Crippen LogP contribution in [0.25, 0.3) is 0 Å². The van der Waals surface area contributed by atoms with Crippen LogP contribution in [0.15, 0.2) is 4.90 Å². The lowest BCUT2D eigenvalue weighted by Gasteiger charge is -2.33. The summed E-state index contributed by atoms with van der Waals surface area (Å²) in [6, 6.07) is 2.34. The van der Waals surface area contributed by atoms with Crippen molar-refractivity contribution in [2.24, 2.45) is 0 Å². The molecule has 0 radical (unpaired) electrons. The molecule has 1 aromatic heterocycles. The van der Waals surface area contributed by atoms with Crippen molar-refractivity contribution in [1.82, 2.24) is 9.88 Å². The normalized spacial score (nSPS) is 19.5. The molecule has 0 aromatic carbocycles. The standard InChI is InChI=1S/C17H24N4OS2/c1-22-7-6-21-4-2-12(3-5-21)15-13(10-18)17(19)20-14-11-23-8-9-24-16(14)15/h12H,2-9,11H2,1H3,(H2,19,20). The van der Waals surface area contributed by atoms with Crippen LogP contribution >= 0.6 is 23.5 Å². The van der Waals surface area contributed by atoms with Crippen molar-refractivity contribution >= 4 is 29.3 Å². The van der Waals surface area contributed by atoms with Crippen LogP contribution in [0.5, 0.6) is 0 Å². The Bertz CT molecular complexity index is 624. The Morgan fingerprint density at radius 3 is 2.88 bits per heavy atom. The lowest BCUT2D eigenvalue weighted by atomic mass is 9.86. The molecule has 2 N–H and O–H groups in total. The molecule has 0 bridgehead atoms. The molecule has 24 heavy (non-hydrogen) atoms. The highest BCUT2D eigenvalue weighted by atomic mass is 32.2. The number of aromatic nitrogens is 1. The number of nitrogens with two attached hydrogens (primary N) is 1. The van der Waals surface area contributed by atoms with E-state index in [0.717, 1.165) is 62.0 Å². The van der Waals surface area contributed by atoms with E-state index in [2.05, 4.69) is 16.0 Å². The van der Waals surface area contributed by atoms with E-state index in [9.17, 15) is 5.26 Å². The van der Waals surface area contributed by atoms with Gasteiger partial charge in [0, 0.05) is 35.8 Å². The van der Waals surface area contributed by atoms with E-state index in [1.54, 1.807) is 7.11 Å². The number of methoxy groups -OCH3 is 1. The molecular weight excluding hydrogens is 340 g/mol. The molecule has 0 amide bonds. The molecule has 130 valence electrons. The average Bonchev–Trinajstić information content (AvgIpc) is 2.84. The molecule has 0 spiro atoms. The summed E-state index contributed by atoms with van der Waals surface area (Å²) in [4.78, 5) is 8.22. The van der Waals surface area contributed by atoms with Crippen LogP contribution in [-0.4, -0.2) is 54.7 Å². The smallest absolute Gasteiger partial charge is 0.142 e. The van der Waals surface area contributed by atoms with E-state index in [1.807, 2.05) is 23.5 Å². The summed E-state index contributed by atoms with van der Waals surface area (Å²) in [7, 11) is 1.75. The first kappa shape index (κ1) is 17.9. The number of piperidine rings is 1. The SMILES string of the molecule is COCCN1CCC(c2c(C#N)c(N)nc3c2SCCSC3)CC1. The molecule has 0 aliphatic carbocycles. The minimum absolute atomic E-state index is 0.410. The maximum absolute atomic E-state index is 9.66. The Hall–Kier alpha value is -0.940. The Labute approximate surface area is 152 Å². The van der Waals surface area contributed by atoms with Crippen LogP contribution in [0.1, 0.15) is 35.6 Å². The van der Waals surface area contributed by atoms with Crippen molar-refractivity contribution in [2.75, 3.05) is 50.6 Å². The third-order valence-corrected chi connectivity index (χ3v) is 7.10. The van der Waals surface area contributed by atoms with Crippen LogP contribution < -0.4 is 5.73 Å². The topological polar surface area (TPSA) is 75.2 Å². The number of rotatable bonds is 4. The molecule has 1 fully saturated rings. The number of thioether (sulfide) groups is 2. The van der Waals surface area contributed by atoms with Gasteiger partial charge in [-0.25, -0.2) is 4.98 Å². The Balaban J connectivity index is 1.87. The van der Waals surface area contributed by atoms with Gasteiger partial charge in [-0.15, -0.1) is 11.8 Å². The fraction of sp³-hybridized carbons (Fsp3) is 0.647. The number of pyridine rings is 1. The number of hydrogen-bond donors (Lipinski definition) is 1. The van der Waals surface area contributed by atoms with Crippen molar-refractivity contribution < 1.29 is 4.74 Å². The molecule has 2 aliphatic heterocycles.